The number of hydrogen-bond acceptors (Lipinski definition) is 5. The largest absolute Gasteiger partial charge is 0.497 e. The molecule has 0 saturated carbocycles. The van der Waals surface area contributed by atoms with Gasteiger partial charge in [-0.05, 0) is 12.1 Å². The first-order valence-corrected chi connectivity index (χ1v) is 7.00. The molecule has 0 unspecified atom stereocenters. The summed E-state index contributed by atoms with van der Waals surface area (Å²) in [6.45, 7) is 4.07. The minimum atomic E-state index is -4.94. The van der Waals surface area contributed by atoms with E-state index in [0.717, 1.165) is 29.1 Å². The molecule has 1 aromatic carbocycles. The molecule has 0 N–H and O–H groups in total. The molecule has 0 aliphatic carbocycles. The quantitative estimate of drug-likeness (QED) is 0.646. The first kappa shape index (κ1) is 16.6. The fraction of sp³-hybridized carbons (Fsp3) is 0.308. The number of rotatable bonds is 2. The number of aryl methyl sites for hydroxylation is 2. The average molecular weight is 303 g/mol. The van der Waals surface area contributed by atoms with Gasteiger partial charge in [0.25, 0.3) is 0 Å². The normalized spacial score (nSPS) is 10.9. The maximum atomic E-state index is 8.49. The van der Waals surface area contributed by atoms with Crippen LogP contribution in [0.2, 0.25) is 0 Å². The third-order valence-electron chi connectivity index (χ3n) is 2.52. The second kappa shape index (κ2) is 6.83. The number of fused-ring (bicyclic) bond motifs is 1. The van der Waals surface area contributed by atoms with Crippen LogP contribution >= 0.6 is 0 Å². The number of ether oxygens (including phenoxy) is 1. The van der Waals surface area contributed by atoms with E-state index in [2.05, 4.69) is 13.0 Å². The van der Waals surface area contributed by atoms with E-state index in [1.165, 1.54) is 5.39 Å². The van der Waals surface area contributed by atoms with Crippen molar-refractivity contribution in [1.29, 1.82) is 0 Å². The zero-order chi connectivity index (χ0) is 15.3. The summed E-state index contributed by atoms with van der Waals surface area (Å²) < 4.78 is 44.9. The lowest BCUT2D eigenvalue weighted by molar-refractivity contribution is -2.00. The van der Waals surface area contributed by atoms with E-state index in [-0.39, 0.29) is 0 Å². The minimum absolute atomic E-state index is 0.872. The van der Waals surface area contributed by atoms with Crippen molar-refractivity contribution in [3.8, 4) is 5.75 Å². The molecule has 0 aliphatic heterocycles. The van der Waals surface area contributed by atoms with Crippen LogP contribution in [0.4, 0.5) is 0 Å². The van der Waals surface area contributed by atoms with Crippen LogP contribution in [0.15, 0.2) is 28.7 Å². The molecule has 0 amide bonds. The van der Waals surface area contributed by atoms with Crippen LogP contribution in [0.5, 0.6) is 5.75 Å². The van der Waals surface area contributed by atoms with Gasteiger partial charge < -0.3 is 4.74 Å². The lowest BCUT2D eigenvalue weighted by Crippen LogP contribution is -2.68. The second-order valence-electron chi connectivity index (χ2n) is 3.96. The zero-order valence-corrected chi connectivity index (χ0v) is 12.1. The Morgan fingerprint density at radius 2 is 1.75 bits per heavy atom. The fourth-order valence-corrected chi connectivity index (χ4v) is 1.79. The monoisotopic (exact) mass is 302 g/mol. The summed E-state index contributed by atoms with van der Waals surface area (Å²) in [6.07, 6.45) is 0.894. The van der Waals surface area contributed by atoms with Gasteiger partial charge in [-0.25, -0.2) is 23.1 Å². The minimum Gasteiger partial charge on any atom is -0.497 e. The highest BCUT2D eigenvalue weighted by Gasteiger charge is 2.14. The summed E-state index contributed by atoms with van der Waals surface area (Å²) in [7, 11) is -3.27. The summed E-state index contributed by atoms with van der Waals surface area (Å²) in [5.74, 6) is 2.84. The van der Waals surface area contributed by atoms with E-state index >= 15 is 0 Å². The van der Waals surface area contributed by atoms with Crippen LogP contribution in [0.3, 0.4) is 0 Å². The van der Waals surface area contributed by atoms with Crippen molar-refractivity contribution in [2.24, 2.45) is 0 Å². The topological polar surface area (TPSA) is 113 Å². The predicted octanol–water partition coefficient (Wildman–Crippen LogP) is -1.16. The van der Waals surface area contributed by atoms with Gasteiger partial charge in [-0.3, -0.25) is 0 Å². The van der Waals surface area contributed by atoms with Gasteiger partial charge in [-0.1, -0.05) is 13.0 Å². The van der Waals surface area contributed by atoms with Crippen molar-refractivity contribution < 1.29 is 38.0 Å². The van der Waals surface area contributed by atoms with Gasteiger partial charge in [0.1, 0.15) is 5.75 Å². The average Bonchev–Trinajstić information content (AvgIpc) is 2.35. The third kappa shape index (κ3) is 5.28. The summed E-state index contributed by atoms with van der Waals surface area (Å²) in [5, 5.41) is 2.35. The summed E-state index contributed by atoms with van der Waals surface area (Å²) in [4.78, 5) is 0. The molecule has 20 heavy (non-hydrogen) atoms. The molecule has 2 aromatic rings. The maximum absolute atomic E-state index is 8.49. The Hall–Kier alpha value is -1.44. The Balaban J connectivity index is 0.000000347. The van der Waals surface area contributed by atoms with E-state index < -0.39 is 10.2 Å². The van der Waals surface area contributed by atoms with Crippen molar-refractivity contribution in [3.63, 3.8) is 0 Å². The molecule has 110 valence electrons. The highest BCUT2D eigenvalue weighted by atomic mass is 35.7. The summed E-state index contributed by atoms with van der Waals surface area (Å²) >= 11 is 0. The molecule has 1 aromatic heterocycles. The van der Waals surface area contributed by atoms with E-state index in [1.807, 2.05) is 25.1 Å². The number of hydrogen-bond donors (Lipinski definition) is 0. The van der Waals surface area contributed by atoms with Crippen LogP contribution in [-0.2, 0) is 6.42 Å². The highest BCUT2D eigenvalue weighted by Crippen LogP contribution is 2.25. The van der Waals surface area contributed by atoms with Crippen molar-refractivity contribution in [2.75, 3.05) is 7.11 Å². The number of methoxy groups -OCH3 is 1. The SMILES string of the molecule is CCc1[o+]c(C)cc2ccc(OC)cc12.[O-][Cl+3]([O-])([O-])[O-]. The molecule has 0 saturated heterocycles. The molecule has 0 fully saturated rings. The van der Waals surface area contributed by atoms with Gasteiger partial charge in [-0.2, -0.15) is 0 Å². The molecule has 6 nitrogen and oxygen atoms in total. The van der Waals surface area contributed by atoms with Crippen LogP contribution in [0, 0.1) is 17.2 Å². The summed E-state index contributed by atoms with van der Waals surface area (Å²) in [5.41, 5.74) is 0. The van der Waals surface area contributed by atoms with Gasteiger partial charge >= 0.3 is 11.5 Å². The molecule has 7 heteroatoms. The molecule has 0 atom stereocenters. The van der Waals surface area contributed by atoms with E-state index in [0.29, 0.717) is 0 Å². The van der Waals surface area contributed by atoms with Crippen molar-refractivity contribution >= 4 is 10.8 Å². The smallest absolute Gasteiger partial charge is 0.337 e. The van der Waals surface area contributed by atoms with E-state index in [1.54, 1.807) is 7.11 Å². The Morgan fingerprint density at radius 3 is 2.25 bits per heavy atom. The lowest BCUT2D eigenvalue weighted by Gasteiger charge is -2.17. The first-order valence-electron chi connectivity index (χ1n) is 5.76. The predicted molar refractivity (Wildman–Crippen MR) is 61.3 cm³/mol. The zero-order valence-electron chi connectivity index (χ0n) is 11.3. The number of benzene rings is 1. The van der Waals surface area contributed by atoms with Crippen LogP contribution in [0.25, 0.3) is 10.8 Å². The Labute approximate surface area is 118 Å². The van der Waals surface area contributed by atoms with Gasteiger partial charge in [0.2, 0.25) is 0 Å². The van der Waals surface area contributed by atoms with Crippen molar-refractivity contribution in [2.45, 2.75) is 20.3 Å². The van der Waals surface area contributed by atoms with Gasteiger partial charge in [0.15, 0.2) is 0 Å². The third-order valence-corrected chi connectivity index (χ3v) is 2.52. The van der Waals surface area contributed by atoms with E-state index in [4.69, 9.17) is 27.8 Å². The van der Waals surface area contributed by atoms with Crippen molar-refractivity contribution in [1.82, 2.24) is 0 Å². The molecular formula is C13H15ClO6. The molecule has 1 heterocycles. The summed E-state index contributed by atoms with van der Waals surface area (Å²) in [6, 6.07) is 8.11. The molecule has 0 aliphatic rings. The highest BCUT2D eigenvalue weighted by molar-refractivity contribution is 5.85. The maximum Gasteiger partial charge on any atom is 0.337 e. The van der Waals surface area contributed by atoms with Gasteiger partial charge in [-0.15, -0.1) is 10.2 Å². The number of halogens is 1. The molecular weight excluding hydrogens is 288 g/mol. The lowest BCUT2D eigenvalue weighted by atomic mass is 10.1. The van der Waals surface area contributed by atoms with Gasteiger partial charge in [0.05, 0.1) is 25.8 Å². The Kier molecular flexibility index (Phi) is 5.67. The van der Waals surface area contributed by atoms with Crippen LogP contribution in [0.1, 0.15) is 18.4 Å². The molecule has 0 radical (unpaired) electrons. The van der Waals surface area contributed by atoms with Crippen molar-refractivity contribution in [3.05, 3.63) is 35.8 Å². The Bertz CT molecular complexity index is 573. The van der Waals surface area contributed by atoms with Crippen LogP contribution in [-0.4, -0.2) is 7.11 Å². The van der Waals surface area contributed by atoms with Gasteiger partial charge in [0, 0.05) is 11.5 Å². The first-order chi connectivity index (χ1) is 9.24. The second-order valence-corrected chi connectivity index (χ2v) is 4.72. The fourth-order valence-electron chi connectivity index (χ4n) is 1.79. The molecule has 0 bridgehead atoms. The van der Waals surface area contributed by atoms with E-state index in [9.17, 15) is 0 Å². The standard InChI is InChI=1S/C13H15O2.ClHO4/c1-4-13-12-8-11(14-3)6-5-10(12)7-9(2)15-13;2-1(3,4)5/h5-8H,4H2,1-3H3;(H,2,3,4,5)/q+1;/p-1. The van der Waals surface area contributed by atoms with Crippen LogP contribution < -0.4 is 23.4 Å². The molecule has 2 rings (SSSR count). The Morgan fingerprint density at radius 1 is 1.15 bits per heavy atom. The molecule has 0 spiro atoms.